The van der Waals surface area contributed by atoms with E-state index in [0.29, 0.717) is 18.0 Å². The number of H-pyrrole nitrogens is 1. The molecule has 0 unspecified atom stereocenters. The van der Waals surface area contributed by atoms with Crippen LogP contribution in [0.3, 0.4) is 0 Å². The summed E-state index contributed by atoms with van der Waals surface area (Å²) in [7, 11) is 0. The monoisotopic (exact) mass is 349 g/mol. The highest BCUT2D eigenvalue weighted by atomic mass is 16.5. The number of nitrogens with one attached hydrogen (secondary N) is 2. The van der Waals surface area contributed by atoms with E-state index in [4.69, 9.17) is 4.74 Å². The third-order valence-electron chi connectivity index (χ3n) is 4.45. The van der Waals surface area contributed by atoms with Gasteiger partial charge in [0.25, 0.3) is 5.91 Å². The van der Waals surface area contributed by atoms with Crippen molar-refractivity contribution in [3.63, 3.8) is 0 Å². The van der Waals surface area contributed by atoms with E-state index < -0.39 is 6.04 Å². The number of amides is 2. The van der Waals surface area contributed by atoms with Gasteiger partial charge in [-0.2, -0.15) is 0 Å². The molecule has 2 amide bonds. The van der Waals surface area contributed by atoms with Crippen LogP contribution in [0.1, 0.15) is 13.3 Å². The summed E-state index contributed by atoms with van der Waals surface area (Å²) in [6.45, 7) is 2.47. The summed E-state index contributed by atoms with van der Waals surface area (Å²) in [4.78, 5) is 29.5. The number of aromatic amines is 1. The van der Waals surface area contributed by atoms with E-state index >= 15 is 0 Å². The van der Waals surface area contributed by atoms with Gasteiger partial charge in [-0.25, -0.2) is 4.90 Å². The van der Waals surface area contributed by atoms with Crippen molar-refractivity contribution < 1.29 is 14.3 Å². The minimum Gasteiger partial charge on any atom is -0.494 e. The number of hydrogen-bond acceptors (Lipinski definition) is 4. The summed E-state index contributed by atoms with van der Waals surface area (Å²) >= 11 is 0. The van der Waals surface area contributed by atoms with Crippen LogP contribution in [0.5, 0.6) is 5.75 Å². The summed E-state index contributed by atoms with van der Waals surface area (Å²) in [5.74, 6) is 0.257. The number of ether oxygens (including phenoxy) is 1. The number of fused-ring (bicyclic) bond motifs is 1. The number of carbonyl (C=O) groups excluding carboxylic acids is 2. The molecular formula is C20H19N3O3. The highest BCUT2D eigenvalue weighted by Crippen LogP contribution is 2.27. The number of anilines is 2. The molecule has 0 aliphatic carbocycles. The van der Waals surface area contributed by atoms with Crippen LogP contribution in [0.25, 0.3) is 10.9 Å². The maximum absolute atomic E-state index is 12.7. The van der Waals surface area contributed by atoms with E-state index in [1.165, 1.54) is 4.90 Å². The van der Waals surface area contributed by atoms with Gasteiger partial charge < -0.3 is 15.0 Å². The van der Waals surface area contributed by atoms with Crippen LogP contribution in [-0.4, -0.2) is 29.4 Å². The maximum Gasteiger partial charge on any atom is 0.256 e. The summed E-state index contributed by atoms with van der Waals surface area (Å²) in [6, 6.07) is 14.2. The number of rotatable bonds is 5. The topological polar surface area (TPSA) is 74.4 Å². The van der Waals surface area contributed by atoms with Crippen LogP contribution >= 0.6 is 0 Å². The molecule has 0 saturated carbocycles. The molecule has 2 heterocycles. The molecule has 6 nitrogen and oxygen atoms in total. The zero-order valence-corrected chi connectivity index (χ0v) is 14.4. The fourth-order valence-corrected chi connectivity index (χ4v) is 3.21. The standard InChI is InChI=1S/C20H19N3O3/c1-2-26-16-7-5-15(6-8-16)23-19(24)12-18(20(23)25)22-14-4-3-13-9-10-21-17(13)11-14/h3-11,18,21-22H,2,12H2,1H3/t18-/m0/s1. The number of aromatic nitrogens is 1. The Labute approximate surface area is 150 Å². The number of nitrogens with zero attached hydrogens (tertiary/aromatic N) is 1. The molecular weight excluding hydrogens is 330 g/mol. The molecule has 1 aliphatic rings. The van der Waals surface area contributed by atoms with Gasteiger partial charge in [-0.1, -0.05) is 6.07 Å². The third-order valence-corrected chi connectivity index (χ3v) is 4.45. The van der Waals surface area contributed by atoms with Gasteiger partial charge in [0.2, 0.25) is 5.91 Å². The summed E-state index contributed by atoms with van der Waals surface area (Å²) in [6.07, 6.45) is 2.00. The molecule has 2 aromatic carbocycles. The second-order valence-electron chi connectivity index (χ2n) is 6.18. The van der Waals surface area contributed by atoms with Crippen molar-refractivity contribution in [2.24, 2.45) is 0 Å². The first kappa shape index (κ1) is 16.2. The lowest BCUT2D eigenvalue weighted by molar-refractivity contribution is -0.121. The molecule has 1 aromatic heterocycles. The van der Waals surface area contributed by atoms with Gasteiger partial charge >= 0.3 is 0 Å². The van der Waals surface area contributed by atoms with Gasteiger partial charge in [-0.3, -0.25) is 9.59 Å². The van der Waals surface area contributed by atoms with Crippen molar-refractivity contribution in [3.05, 3.63) is 54.7 Å². The van der Waals surface area contributed by atoms with Crippen molar-refractivity contribution in [1.29, 1.82) is 0 Å². The lowest BCUT2D eigenvalue weighted by Gasteiger charge is -2.16. The minimum absolute atomic E-state index is 0.134. The molecule has 0 radical (unpaired) electrons. The van der Waals surface area contributed by atoms with Gasteiger partial charge in [-0.05, 0) is 54.8 Å². The Morgan fingerprint density at radius 3 is 2.73 bits per heavy atom. The molecule has 1 aliphatic heterocycles. The van der Waals surface area contributed by atoms with E-state index in [2.05, 4.69) is 10.3 Å². The Hall–Kier alpha value is -3.28. The van der Waals surface area contributed by atoms with E-state index in [1.807, 2.05) is 37.4 Å². The average molecular weight is 349 g/mol. The van der Waals surface area contributed by atoms with Crippen LogP contribution in [0.2, 0.25) is 0 Å². The van der Waals surface area contributed by atoms with E-state index in [9.17, 15) is 9.59 Å². The van der Waals surface area contributed by atoms with E-state index in [-0.39, 0.29) is 18.2 Å². The lowest BCUT2D eigenvalue weighted by Crippen LogP contribution is -2.34. The number of imide groups is 1. The van der Waals surface area contributed by atoms with Gasteiger partial charge in [0.15, 0.2) is 0 Å². The summed E-state index contributed by atoms with van der Waals surface area (Å²) < 4.78 is 5.40. The molecule has 6 heteroatoms. The summed E-state index contributed by atoms with van der Waals surface area (Å²) in [5.41, 5.74) is 2.35. The van der Waals surface area contributed by atoms with Gasteiger partial charge in [-0.15, -0.1) is 0 Å². The van der Waals surface area contributed by atoms with Crippen LogP contribution in [0.4, 0.5) is 11.4 Å². The van der Waals surface area contributed by atoms with Crippen molar-refractivity contribution >= 4 is 34.1 Å². The zero-order valence-electron chi connectivity index (χ0n) is 14.4. The number of hydrogen-bond donors (Lipinski definition) is 2. The predicted molar refractivity (Wildman–Crippen MR) is 100 cm³/mol. The molecule has 4 rings (SSSR count). The Morgan fingerprint density at radius 2 is 1.96 bits per heavy atom. The molecule has 2 N–H and O–H groups in total. The Balaban J connectivity index is 1.52. The Kier molecular flexibility index (Phi) is 4.08. The molecule has 26 heavy (non-hydrogen) atoms. The van der Waals surface area contributed by atoms with Crippen molar-refractivity contribution in [3.8, 4) is 5.75 Å². The van der Waals surface area contributed by atoms with Crippen LogP contribution in [0.15, 0.2) is 54.7 Å². The van der Waals surface area contributed by atoms with Crippen LogP contribution in [0, 0.1) is 0 Å². The van der Waals surface area contributed by atoms with E-state index in [0.717, 1.165) is 16.6 Å². The lowest BCUT2D eigenvalue weighted by atomic mass is 10.2. The number of benzene rings is 2. The zero-order chi connectivity index (χ0) is 18.1. The quantitative estimate of drug-likeness (QED) is 0.693. The van der Waals surface area contributed by atoms with Crippen molar-refractivity contribution in [2.45, 2.75) is 19.4 Å². The fraction of sp³-hybridized carbons (Fsp3) is 0.200. The minimum atomic E-state index is -0.568. The predicted octanol–water partition coefficient (Wildman–Crippen LogP) is 3.31. The first-order chi connectivity index (χ1) is 12.7. The normalized spacial score (nSPS) is 17.1. The summed E-state index contributed by atoms with van der Waals surface area (Å²) in [5, 5.41) is 4.28. The van der Waals surface area contributed by atoms with E-state index in [1.54, 1.807) is 24.3 Å². The van der Waals surface area contributed by atoms with Crippen molar-refractivity contribution in [1.82, 2.24) is 4.98 Å². The maximum atomic E-state index is 12.7. The first-order valence-corrected chi connectivity index (χ1v) is 8.59. The van der Waals surface area contributed by atoms with Crippen LogP contribution in [-0.2, 0) is 9.59 Å². The Morgan fingerprint density at radius 1 is 1.15 bits per heavy atom. The molecule has 132 valence electrons. The smallest absolute Gasteiger partial charge is 0.256 e. The molecule has 1 atom stereocenters. The number of carbonyl (C=O) groups is 2. The average Bonchev–Trinajstić information content (AvgIpc) is 3.20. The largest absolute Gasteiger partial charge is 0.494 e. The van der Waals surface area contributed by atoms with Crippen LogP contribution < -0.4 is 15.0 Å². The molecule has 1 fully saturated rings. The van der Waals surface area contributed by atoms with Gasteiger partial charge in [0.05, 0.1) is 18.7 Å². The molecule has 1 saturated heterocycles. The van der Waals surface area contributed by atoms with Gasteiger partial charge in [0.1, 0.15) is 11.8 Å². The van der Waals surface area contributed by atoms with Crippen molar-refractivity contribution in [2.75, 3.05) is 16.8 Å². The molecule has 0 spiro atoms. The molecule has 0 bridgehead atoms. The fourth-order valence-electron chi connectivity index (χ4n) is 3.21. The first-order valence-electron chi connectivity index (χ1n) is 8.59. The third kappa shape index (κ3) is 2.90. The SMILES string of the molecule is CCOc1ccc(N2C(=O)C[C@H](Nc3ccc4cc[nH]c4c3)C2=O)cc1. The highest BCUT2D eigenvalue weighted by molar-refractivity contribution is 6.23. The second kappa shape index (κ2) is 6.55. The van der Waals surface area contributed by atoms with Gasteiger partial charge in [0, 0.05) is 17.4 Å². The second-order valence-corrected chi connectivity index (χ2v) is 6.18. The molecule has 3 aromatic rings. The highest BCUT2D eigenvalue weighted by Gasteiger charge is 2.39. The Bertz CT molecular complexity index is 962.